The van der Waals surface area contributed by atoms with Crippen LogP contribution in [-0.4, -0.2) is 35.2 Å². The minimum Gasteiger partial charge on any atom is -0.493 e. The highest BCUT2D eigenvalue weighted by Gasteiger charge is 2.26. The van der Waals surface area contributed by atoms with E-state index in [4.69, 9.17) is 18.3 Å². The Hall–Kier alpha value is -3.89. The Morgan fingerprint density at radius 3 is 2.58 bits per heavy atom. The summed E-state index contributed by atoms with van der Waals surface area (Å²) in [5.74, 6) is -0.187. The van der Waals surface area contributed by atoms with Gasteiger partial charge in [-0.25, -0.2) is 0 Å². The first-order chi connectivity index (χ1) is 12.5. The van der Waals surface area contributed by atoms with Crippen LogP contribution in [0.5, 0.6) is 11.5 Å². The number of rotatable bonds is 6. The van der Waals surface area contributed by atoms with Crippen molar-refractivity contribution in [1.29, 1.82) is 0 Å². The zero-order valence-electron chi connectivity index (χ0n) is 13.6. The molecule has 0 fully saturated rings. The molecule has 2 aromatic heterocycles. The highest BCUT2D eigenvalue weighted by molar-refractivity contribution is 6.06. The van der Waals surface area contributed by atoms with Gasteiger partial charge in [-0.2, -0.15) is 0 Å². The molecule has 0 saturated carbocycles. The molecule has 3 aromatic rings. The number of nitro benzene ring substituents is 1. The van der Waals surface area contributed by atoms with Gasteiger partial charge in [-0.05, 0) is 12.1 Å². The van der Waals surface area contributed by atoms with E-state index >= 15 is 0 Å². The zero-order chi connectivity index (χ0) is 18.7. The second-order valence-corrected chi connectivity index (χ2v) is 4.83. The molecule has 0 saturated heterocycles. The van der Waals surface area contributed by atoms with Crippen LogP contribution < -0.4 is 14.8 Å². The van der Waals surface area contributed by atoms with Crippen LogP contribution in [0.3, 0.4) is 0 Å². The Morgan fingerprint density at radius 2 is 1.96 bits per heavy atom. The number of ether oxygens (including phenoxy) is 2. The van der Waals surface area contributed by atoms with Gasteiger partial charge in [0.15, 0.2) is 17.3 Å². The summed E-state index contributed by atoms with van der Waals surface area (Å²) in [5, 5.41) is 20.9. The average Bonchev–Trinajstić information content (AvgIpc) is 3.31. The third kappa shape index (κ3) is 3.17. The van der Waals surface area contributed by atoms with Crippen molar-refractivity contribution < 1.29 is 28.0 Å². The van der Waals surface area contributed by atoms with Gasteiger partial charge >= 0.3 is 6.01 Å². The minimum atomic E-state index is -0.827. The summed E-state index contributed by atoms with van der Waals surface area (Å²) < 4.78 is 20.4. The predicted octanol–water partition coefficient (Wildman–Crippen LogP) is 2.51. The second-order valence-electron chi connectivity index (χ2n) is 4.83. The number of nitro groups is 1. The fourth-order valence-electron chi connectivity index (χ4n) is 2.14. The Balaban J connectivity index is 1.91. The Morgan fingerprint density at radius 1 is 1.23 bits per heavy atom. The van der Waals surface area contributed by atoms with Crippen molar-refractivity contribution >= 4 is 17.6 Å². The number of hydrogen-bond donors (Lipinski definition) is 1. The average molecular weight is 360 g/mol. The van der Waals surface area contributed by atoms with Crippen LogP contribution in [-0.2, 0) is 0 Å². The van der Waals surface area contributed by atoms with E-state index in [0.29, 0.717) is 5.76 Å². The van der Waals surface area contributed by atoms with Crippen molar-refractivity contribution in [3.05, 3.63) is 46.2 Å². The van der Waals surface area contributed by atoms with Crippen molar-refractivity contribution in [2.45, 2.75) is 0 Å². The van der Waals surface area contributed by atoms with E-state index < -0.39 is 16.5 Å². The van der Waals surface area contributed by atoms with Crippen molar-refractivity contribution in [2.75, 3.05) is 19.5 Å². The lowest BCUT2D eigenvalue weighted by molar-refractivity contribution is -0.385. The largest absolute Gasteiger partial charge is 0.493 e. The number of carbonyl (C=O) groups excluding carboxylic acids is 1. The highest BCUT2D eigenvalue weighted by atomic mass is 16.6. The zero-order valence-corrected chi connectivity index (χ0v) is 13.6. The van der Waals surface area contributed by atoms with Crippen LogP contribution in [0.15, 0.2) is 39.4 Å². The number of carbonyl (C=O) groups is 1. The molecule has 11 heteroatoms. The minimum absolute atomic E-state index is 0.0483. The van der Waals surface area contributed by atoms with Crippen LogP contribution in [0.4, 0.5) is 11.7 Å². The van der Waals surface area contributed by atoms with Crippen LogP contribution in [0, 0.1) is 10.1 Å². The number of nitrogens with zero attached hydrogens (tertiary/aromatic N) is 3. The van der Waals surface area contributed by atoms with E-state index in [2.05, 4.69) is 15.5 Å². The van der Waals surface area contributed by atoms with Gasteiger partial charge in [0.1, 0.15) is 5.56 Å². The normalized spacial score (nSPS) is 10.4. The molecule has 3 rings (SSSR count). The molecule has 134 valence electrons. The number of benzene rings is 1. The summed E-state index contributed by atoms with van der Waals surface area (Å²) in [6.45, 7) is 0. The summed E-state index contributed by atoms with van der Waals surface area (Å²) in [4.78, 5) is 23.0. The molecular formula is C15H12N4O7. The van der Waals surface area contributed by atoms with Gasteiger partial charge in [0, 0.05) is 6.07 Å². The summed E-state index contributed by atoms with van der Waals surface area (Å²) in [7, 11) is 2.68. The standard InChI is InChI=1S/C15H12N4O7/c1-23-11-6-8(9(19(21)22)7-12(11)24-2)13(20)16-15-18-17-14(26-15)10-4-3-5-25-10/h3-7H,1-2H3,(H,16,18,20). The summed E-state index contributed by atoms with van der Waals surface area (Å²) in [6.07, 6.45) is 1.42. The van der Waals surface area contributed by atoms with Gasteiger partial charge in [0.05, 0.1) is 31.5 Å². The lowest BCUT2D eigenvalue weighted by Gasteiger charge is -2.09. The summed E-state index contributed by atoms with van der Waals surface area (Å²) in [6, 6.07) is 5.26. The fourth-order valence-corrected chi connectivity index (χ4v) is 2.14. The maximum Gasteiger partial charge on any atom is 0.322 e. The third-order valence-electron chi connectivity index (χ3n) is 3.32. The van der Waals surface area contributed by atoms with Crippen LogP contribution in [0.25, 0.3) is 11.7 Å². The van der Waals surface area contributed by atoms with Gasteiger partial charge in [0.2, 0.25) is 0 Å². The van der Waals surface area contributed by atoms with Crippen LogP contribution in [0.2, 0.25) is 0 Å². The van der Waals surface area contributed by atoms with E-state index in [1.54, 1.807) is 12.1 Å². The second kappa shape index (κ2) is 6.93. The topological polar surface area (TPSA) is 143 Å². The molecule has 11 nitrogen and oxygen atoms in total. The molecule has 0 aliphatic rings. The Labute approximate surface area is 145 Å². The van der Waals surface area contributed by atoms with Crippen molar-refractivity contribution in [3.63, 3.8) is 0 Å². The first kappa shape index (κ1) is 17.0. The molecule has 0 aliphatic carbocycles. The van der Waals surface area contributed by atoms with Gasteiger partial charge < -0.3 is 18.3 Å². The molecule has 0 bridgehead atoms. The van der Waals surface area contributed by atoms with Crippen molar-refractivity contribution in [2.24, 2.45) is 0 Å². The fraction of sp³-hybridized carbons (Fsp3) is 0.133. The van der Waals surface area contributed by atoms with Crippen LogP contribution in [0.1, 0.15) is 10.4 Å². The van der Waals surface area contributed by atoms with Gasteiger partial charge in [-0.3, -0.25) is 20.2 Å². The lowest BCUT2D eigenvalue weighted by atomic mass is 10.1. The van der Waals surface area contributed by atoms with Crippen molar-refractivity contribution in [3.8, 4) is 23.1 Å². The first-order valence-electron chi connectivity index (χ1n) is 7.12. The van der Waals surface area contributed by atoms with Crippen LogP contribution >= 0.6 is 0 Å². The molecule has 1 N–H and O–H groups in total. The molecule has 0 spiro atoms. The lowest BCUT2D eigenvalue weighted by Crippen LogP contribution is -2.14. The molecule has 0 unspecified atom stereocenters. The summed E-state index contributed by atoms with van der Waals surface area (Å²) in [5.41, 5.74) is -0.726. The number of hydrogen-bond acceptors (Lipinski definition) is 9. The van der Waals surface area contributed by atoms with E-state index in [-0.39, 0.29) is 29.0 Å². The maximum absolute atomic E-state index is 12.4. The van der Waals surface area contributed by atoms with Gasteiger partial charge in [0.25, 0.3) is 17.5 Å². The number of furan rings is 1. The van der Waals surface area contributed by atoms with Crippen molar-refractivity contribution in [1.82, 2.24) is 10.2 Å². The van der Waals surface area contributed by atoms with Gasteiger partial charge in [-0.1, -0.05) is 5.10 Å². The number of aromatic nitrogens is 2. The monoisotopic (exact) mass is 360 g/mol. The quantitative estimate of drug-likeness (QED) is 0.518. The molecule has 0 aliphatic heterocycles. The Bertz CT molecular complexity index is 949. The molecule has 1 amide bonds. The molecule has 0 atom stereocenters. The van der Waals surface area contributed by atoms with E-state index in [9.17, 15) is 14.9 Å². The summed E-state index contributed by atoms with van der Waals surface area (Å²) >= 11 is 0. The van der Waals surface area contributed by atoms with E-state index in [1.807, 2.05) is 0 Å². The van der Waals surface area contributed by atoms with E-state index in [1.165, 1.54) is 26.5 Å². The predicted molar refractivity (Wildman–Crippen MR) is 86.2 cm³/mol. The molecule has 1 aromatic carbocycles. The highest BCUT2D eigenvalue weighted by Crippen LogP contribution is 2.34. The molecule has 0 radical (unpaired) electrons. The molecule has 2 heterocycles. The number of methoxy groups -OCH3 is 2. The third-order valence-corrected chi connectivity index (χ3v) is 3.32. The number of anilines is 1. The van der Waals surface area contributed by atoms with E-state index in [0.717, 1.165) is 6.07 Å². The SMILES string of the molecule is COc1cc(C(=O)Nc2nnc(-c3ccco3)o2)c([N+](=O)[O-])cc1OC. The smallest absolute Gasteiger partial charge is 0.322 e. The number of amides is 1. The van der Waals surface area contributed by atoms with Gasteiger partial charge in [-0.15, -0.1) is 5.10 Å². The molecular weight excluding hydrogens is 348 g/mol. The number of nitrogens with one attached hydrogen (secondary N) is 1. The molecule has 26 heavy (non-hydrogen) atoms. The first-order valence-corrected chi connectivity index (χ1v) is 7.12. The Kier molecular flexibility index (Phi) is 4.51. The maximum atomic E-state index is 12.4.